The lowest BCUT2D eigenvalue weighted by molar-refractivity contribution is 0.0439. The monoisotopic (exact) mass is 370 g/mol. The van der Waals surface area contributed by atoms with Gasteiger partial charge in [0.25, 0.3) is 0 Å². The predicted octanol–water partition coefficient (Wildman–Crippen LogP) is 3.30. The fourth-order valence-electron chi connectivity index (χ4n) is 3.40. The molecule has 1 spiro atoms. The van der Waals surface area contributed by atoms with E-state index in [1.165, 1.54) is 9.80 Å². The van der Waals surface area contributed by atoms with Crippen molar-refractivity contribution >= 4 is 20.5 Å². The number of nitrogens with zero attached hydrogens (tertiary/aromatic N) is 2. The highest BCUT2D eigenvalue weighted by Gasteiger charge is 2.54. The number of carboxylic acid groups (broad SMARTS) is 2. The lowest BCUT2D eigenvalue weighted by atomic mass is 9.81. The van der Waals surface area contributed by atoms with Crippen LogP contribution in [0.5, 0.6) is 0 Å². The molecule has 2 N–H and O–H groups in total. The minimum Gasteiger partial charge on any atom is -0.465 e. The average molecular weight is 371 g/mol. The molecule has 25 heavy (non-hydrogen) atoms. The molecule has 2 aliphatic rings. The summed E-state index contributed by atoms with van der Waals surface area (Å²) in [6.45, 7) is 11.9. The second-order valence-electron chi connectivity index (χ2n) is 8.60. The van der Waals surface area contributed by atoms with Gasteiger partial charge < -0.3 is 19.5 Å². The summed E-state index contributed by atoms with van der Waals surface area (Å²) in [5.41, 5.74) is -0.735. The standard InChI is InChI=1S/C17H30N2O5Si/c1-16(2,3)25(4,5)24-11-13-10-18(14(20)21)12-17(13)8-6-7-9-19(17)15(22)23/h6-7,13H,8-12H2,1-5H3,(H,20,21)(H,22,23)/t13-,17-/m1/s1. The van der Waals surface area contributed by atoms with E-state index in [-0.39, 0.29) is 17.5 Å². The van der Waals surface area contributed by atoms with Crippen molar-refractivity contribution in [3.05, 3.63) is 12.2 Å². The molecule has 0 aliphatic carbocycles. The molecule has 0 radical (unpaired) electrons. The predicted molar refractivity (Wildman–Crippen MR) is 97.5 cm³/mol. The Morgan fingerprint density at radius 3 is 2.40 bits per heavy atom. The molecule has 0 bridgehead atoms. The third-order valence-corrected chi connectivity index (χ3v) is 10.6. The van der Waals surface area contributed by atoms with Crippen LogP contribution in [-0.2, 0) is 4.43 Å². The first-order chi connectivity index (χ1) is 11.4. The van der Waals surface area contributed by atoms with E-state index >= 15 is 0 Å². The van der Waals surface area contributed by atoms with Gasteiger partial charge in [-0.1, -0.05) is 32.9 Å². The molecule has 7 nitrogen and oxygen atoms in total. The summed E-state index contributed by atoms with van der Waals surface area (Å²) in [7, 11) is -2.00. The molecule has 2 amide bonds. The first-order valence-electron chi connectivity index (χ1n) is 8.68. The molecule has 0 saturated carbocycles. The van der Waals surface area contributed by atoms with Crippen LogP contribution in [0, 0.1) is 5.92 Å². The molecule has 2 rings (SSSR count). The zero-order valence-corrected chi connectivity index (χ0v) is 16.8. The summed E-state index contributed by atoms with van der Waals surface area (Å²) in [5, 5.41) is 19.1. The lowest BCUT2D eigenvalue weighted by Gasteiger charge is -2.45. The van der Waals surface area contributed by atoms with Gasteiger partial charge in [-0.25, -0.2) is 9.59 Å². The van der Waals surface area contributed by atoms with Gasteiger partial charge in [0.2, 0.25) is 0 Å². The van der Waals surface area contributed by atoms with Crippen LogP contribution in [0.3, 0.4) is 0 Å². The SMILES string of the molecule is CC(C)(C)[Si](C)(C)OC[C@H]1CN(C(=O)O)C[C@]12CC=CCN2C(=O)O. The Morgan fingerprint density at radius 2 is 1.88 bits per heavy atom. The van der Waals surface area contributed by atoms with Crippen molar-refractivity contribution in [2.24, 2.45) is 5.92 Å². The second kappa shape index (κ2) is 6.64. The molecule has 1 saturated heterocycles. The maximum atomic E-state index is 11.8. The Bertz CT molecular complexity index is 572. The highest BCUT2D eigenvalue weighted by molar-refractivity contribution is 6.74. The smallest absolute Gasteiger partial charge is 0.408 e. The first-order valence-corrected chi connectivity index (χ1v) is 11.6. The number of hydrogen-bond donors (Lipinski definition) is 2. The van der Waals surface area contributed by atoms with Crippen molar-refractivity contribution in [1.29, 1.82) is 0 Å². The Hall–Kier alpha value is -1.54. The summed E-state index contributed by atoms with van der Waals surface area (Å²) >= 11 is 0. The summed E-state index contributed by atoms with van der Waals surface area (Å²) < 4.78 is 6.34. The molecule has 1 fully saturated rings. The third kappa shape index (κ3) is 3.69. The quantitative estimate of drug-likeness (QED) is 0.588. The maximum absolute atomic E-state index is 11.8. The summed E-state index contributed by atoms with van der Waals surface area (Å²) in [6.07, 6.45) is 2.30. The molecular weight excluding hydrogens is 340 g/mol. The second-order valence-corrected chi connectivity index (χ2v) is 13.4. The van der Waals surface area contributed by atoms with Gasteiger partial charge in [0.05, 0.1) is 5.54 Å². The van der Waals surface area contributed by atoms with E-state index in [1.54, 1.807) is 0 Å². The minimum atomic E-state index is -2.00. The van der Waals surface area contributed by atoms with E-state index in [4.69, 9.17) is 4.43 Å². The molecule has 0 aromatic carbocycles. The highest BCUT2D eigenvalue weighted by Crippen LogP contribution is 2.42. The molecule has 0 aromatic rings. The average Bonchev–Trinajstić information content (AvgIpc) is 2.83. The lowest BCUT2D eigenvalue weighted by Crippen LogP contribution is -2.59. The van der Waals surface area contributed by atoms with Gasteiger partial charge >= 0.3 is 12.2 Å². The van der Waals surface area contributed by atoms with Gasteiger partial charge in [0, 0.05) is 32.2 Å². The maximum Gasteiger partial charge on any atom is 0.408 e. The minimum absolute atomic E-state index is 0.0458. The van der Waals surface area contributed by atoms with Gasteiger partial charge in [0.1, 0.15) is 0 Å². The van der Waals surface area contributed by atoms with Crippen LogP contribution in [-0.4, -0.2) is 72.3 Å². The number of hydrogen-bond acceptors (Lipinski definition) is 3. The topological polar surface area (TPSA) is 90.3 Å². The fourth-order valence-corrected chi connectivity index (χ4v) is 4.45. The van der Waals surface area contributed by atoms with Crippen LogP contribution in [0.1, 0.15) is 27.2 Å². The molecule has 142 valence electrons. The van der Waals surface area contributed by atoms with Crippen molar-refractivity contribution in [3.63, 3.8) is 0 Å². The molecule has 2 heterocycles. The van der Waals surface area contributed by atoms with Gasteiger partial charge in [-0.3, -0.25) is 4.90 Å². The van der Waals surface area contributed by atoms with E-state index < -0.39 is 26.0 Å². The van der Waals surface area contributed by atoms with E-state index in [0.717, 1.165) is 0 Å². The Morgan fingerprint density at radius 1 is 1.24 bits per heavy atom. The first kappa shape index (κ1) is 19.8. The number of carbonyl (C=O) groups is 2. The van der Waals surface area contributed by atoms with Crippen molar-refractivity contribution in [2.45, 2.75) is 50.9 Å². The molecule has 0 aromatic heterocycles. The molecule has 8 heteroatoms. The van der Waals surface area contributed by atoms with Crippen molar-refractivity contribution < 1.29 is 24.2 Å². The van der Waals surface area contributed by atoms with Crippen LogP contribution >= 0.6 is 0 Å². The summed E-state index contributed by atoms with van der Waals surface area (Å²) in [6, 6.07) is 0. The van der Waals surface area contributed by atoms with Crippen LogP contribution < -0.4 is 0 Å². The molecule has 2 aliphatic heterocycles. The van der Waals surface area contributed by atoms with E-state index in [2.05, 4.69) is 33.9 Å². The Balaban J connectivity index is 2.28. The van der Waals surface area contributed by atoms with Crippen LogP contribution in [0.4, 0.5) is 9.59 Å². The van der Waals surface area contributed by atoms with Crippen molar-refractivity contribution in [2.75, 3.05) is 26.2 Å². The van der Waals surface area contributed by atoms with Gasteiger partial charge in [-0.05, 0) is 24.6 Å². The van der Waals surface area contributed by atoms with Crippen LogP contribution in [0.15, 0.2) is 12.2 Å². The molecular formula is C17H30N2O5Si. The largest absolute Gasteiger partial charge is 0.465 e. The molecule has 0 unspecified atom stereocenters. The van der Waals surface area contributed by atoms with E-state index in [9.17, 15) is 19.8 Å². The zero-order chi connectivity index (χ0) is 19.0. The Kier molecular flexibility index (Phi) is 5.25. The summed E-state index contributed by atoms with van der Waals surface area (Å²) in [5.74, 6) is -0.168. The van der Waals surface area contributed by atoms with Crippen LogP contribution in [0.25, 0.3) is 0 Å². The van der Waals surface area contributed by atoms with Crippen molar-refractivity contribution in [3.8, 4) is 0 Å². The van der Waals surface area contributed by atoms with Gasteiger partial charge in [-0.2, -0.15) is 0 Å². The third-order valence-electron chi connectivity index (χ3n) is 6.08. The number of rotatable bonds is 3. The van der Waals surface area contributed by atoms with E-state index in [1.807, 2.05) is 12.2 Å². The Labute approximate surface area is 150 Å². The summed E-state index contributed by atoms with van der Waals surface area (Å²) in [4.78, 5) is 26.0. The van der Waals surface area contributed by atoms with Crippen molar-refractivity contribution in [1.82, 2.24) is 9.80 Å². The number of likely N-dealkylation sites (tertiary alicyclic amines) is 1. The van der Waals surface area contributed by atoms with E-state index in [0.29, 0.717) is 26.1 Å². The molecule has 2 atom stereocenters. The number of amides is 2. The highest BCUT2D eigenvalue weighted by atomic mass is 28.4. The zero-order valence-electron chi connectivity index (χ0n) is 15.8. The van der Waals surface area contributed by atoms with Gasteiger partial charge in [-0.15, -0.1) is 0 Å². The van der Waals surface area contributed by atoms with Crippen LogP contribution in [0.2, 0.25) is 18.1 Å². The fraction of sp³-hybridized carbons (Fsp3) is 0.765. The normalized spacial score (nSPS) is 27.2. The van der Waals surface area contributed by atoms with Gasteiger partial charge in [0.15, 0.2) is 8.32 Å².